The van der Waals surface area contributed by atoms with Gasteiger partial charge in [-0.25, -0.2) is 18.0 Å². The van der Waals surface area contributed by atoms with Crippen LogP contribution in [0, 0.1) is 5.41 Å². The van der Waals surface area contributed by atoms with Crippen LogP contribution in [-0.4, -0.2) is 35.5 Å². The second kappa shape index (κ2) is 6.59. The number of allylic oxidation sites excluding steroid dienone is 1. The van der Waals surface area contributed by atoms with Crippen LogP contribution in [0.15, 0.2) is 11.4 Å². The maximum Gasteiger partial charge on any atom is 0.425 e. The molecule has 2 nitrogen and oxygen atoms in total. The van der Waals surface area contributed by atoms with Gasteiger partial charge in [-0.15, -0.1) is 0 Å². The van der Waals surface area contributed by atoms with Crippen LogP contribution in [-0.2, 0) is 4.79 Å². The molecule has 1 N–H and O–H groups in total. The van der Waals surface area contributed by atoms with Crippen LogP contribution >= 0.6 is 0 Å². The molecular formula is C11H8F12O2. The van der Waals surface area contributed by atoms with E-state index < -0.39 is 60.1 Å². The number of carboxylic acids is 1. The predicted octanol–water partition coefficient (Wildman–Crippen LogP) is 5.40. The van der Waals surface area contributed by atoms with Gasteiger partial charge in [0.05, 0.1) is 0 Å². The lowest BCUT2D eigenvalue weighted by atomic mass is 9.74. The van der Waals surface area contributed by atoms with Crippen molar-refractivity contribution in [3.8, 4) is 0 Å². The minimum Gasteiger partial charge on any atom is -0.478 e. The third-order valence-electron chi connectivity index (χ3n) is 3.01. The van der Waals surface area contributed by atoms with Crippen molar-refractivity contribution in [3.63, 3.8) is 0 Å². The molecule has 0 saturated carbocycles. The molecule has 0 saturated heterocycles. The molecule has 0 fully saturated rings. The van der Waals surface area contributed by atoms with Crippen molar-refractivity contribution in [2.24, 2.45) is 5.41 Å². The van der Waals surface area contributed by atoms with Crippen molar-refractivity contribution in [2.45, 2.75) is 44.2 Å². The van der Waals surface area contributed by atoms with Crippen LogP contribution in [0.3, 0.4) is 0 Å². The summed E-state index contributed by atoms with van der Waals surface area (Å²) in [5.41, 5.74) is -11.0. The van der Waals surface area contributed by atoms with E-state index in [-0.39, 0.29) is 0 Å². The van der Waals surface area contributed by atoms with Crippen LogP contribution < -0.4 is 0 Å². The summed E-state index contributed by atoms with van der Waals surface area (Å²) in [6.45, 7) is 0.662. The fourth-order valence-corrected chi connectivity index (χ4v) is 2.01. The van der Waals surface area contributed by atoms with Gasteiger partial charge in [0.15, 0.2) is 11.4 Å². The molecule has 14 heteroatoms. The van der Waals surface area contributed by atoms with Gasteiger partial charge in [-0.1, -0.05) is 13.3 Å². The van der Waals surface area contributed by atoms with E-state index in [0.29, 0.717) is 6.92 Å². The summed E-state index contributed by atoms with van der Waals surface area (Å²) in [6, 6.07) is 0. The zero-order valence-corrected chi connectivity index (χ0v) is 11.8. The van der Waals surface area contributed by atoms with Gasteiger partial charge in [0, 0.05) is 6.42 Å². The van der Waals surface area contributed by atoms with Crippen LogP contribution in [0.2, 0.25) is 0 Å². The van der Waals surface area contributed by atoms with Crippen molar-refractivity contribution in [1.29, 1.82) is 0 Å². The summed E-state index contributed by atoms with van der Waals surface area (Å²) in [4.78, 5) is 10.4. The van der Waals surface area contributed by atoms with Gasteiger partial charge < -0.3 is 5.11 Å². The number of aliphatic carboxylic acids is 1. The smallest absolute Gasteiger partial charge is 0.425 e. The van der Waals surface area contributed by atoms with Gasteiger partial charge >= 0.3 is 24.5 Å². The maximum absolute atomic E-state index is 13.8. The van der Waals surface area contributed by atoms with E-state index in [0.717, 1.165) is 0 Å². The van der Waals surface area contributed by atoms with Crippen LogP contribution in [0.1, 0.15) is 19.8 Å². The first kappa shape index (κ1) is 23.4. The van der Waals surface area contributed by atoms with Crippen molar-refractivity contribution >= 4 is 5.97 Å². The van der Waals surface area contributed by atoms with E-state index in [1.54, 1.807) is 0 Å². The zero-order valence-electron chi connectivity index (χ0n) is 11.8. The van der Waals surface area contributed by atoms with E-state index in [9.17, 15) is 57.5 Å². The Morgan fingerprint density at radius 3 is 1.40 bits per heavy atom. The summed E-state index contributed by atoms with van der Waals surface area (Å²) in [5, 5.41) is 8.17. The third-order valence-corrected chi connectivity index (χ3v) is 3.01. The Morgan fingerprint density at radius 1 is 0.840 bits per heavy atom. The molecule has 0 radical (unpaired) electrons. The minimum absolute atomic E-state index is 0.662. The third kappa shape index (κ3) is 3.81. The largest absolute Gasteiger partial charge is 0.478 e. The lowest BCUT2D eigenvalue weighted by molar-refractivity contribution is -0.389. The average Bonchev–Trinajstić information content (AvgIpc) is 2.20. The summed E-state index contributed by atoms with van der Waals surface area (Å²) in [5.74, 6) is -14.4. The van der Waals surface area contributed by atoms with Gasteiger partial charge in [-0.2, -0.15) is 39.5 Å². The molecule has 0 aliphatic rings. The molecule has 0 rings (SSSR count). The SMILES string of the molecule is CCCC(F)(F)C(C(F)=C(C(=O)O)C(F)(F)F)(C(F)(F)F)C(F)(F)F. The molecule has 0 atom stereocenters. The standard InChI is InChI=1S/C11H8F12O2/c1-2-3-7(13,14)8(10(18,19)20,11(21,22)23)5(12)4(6(24)25)9(15,16)17/h2-3H2,1H3,(H,24,25). The lowest BCUT2D eigenvalue weighted by Crippen LogP contribution is -2.62. The van der Waals surface area contributed by atoms with Gasteiger partial charge in [0.1, 0.15) is 0 Å². The van der Waals surface area contributed by atoms with Crippen molar-refractivity contribution in [1.82, 2.24) is 0 Å². The first-order valence-corrected chi connectivity index (χ1v) is 6.01. The topological polar surface area (TPSA) is 37.3 Å². The molecule has 0 aliphatic carbocycles. The molecule has 0 bridgehead atoms. The zero-order chi connectivity index (χ0) is 20.6. The summed E-state index contributed by atoms with van der Waals surface area (Å²) >= 11 is 0. The molecule has 0 aliphatic heterocycles. The highest BCUT2D eigenvalue weighted by Crippen LogP contribution is 2.65. The normalized spacial score (nSPS) is 15.9. The van der Waals surface area contributed by atoms with Gasteiger partial charge in [-0.3, -0.25) is 0 Å². The Morgan fingerprint density at radius 2 is 1.20 bits per heavy atom. The predicted molar refractivity (Wildman–Crippen MR) is 56.2 cm³/mol. The second-order valence-corrected chi connectivity index (χ2v) is 4.69. The first-order valence-electron chi connectivity index (χ1n) is 6.01. The van der Waals surface area contributed by atoms with Crippen molar-refractivity contribution in [3.05, 3.63) is 11.4 Å². The van der Waals surface area contributed by atoms with E-state index in [4.69, 9.17) is 5.11 Å². The Bertz CT molecular complexity index is 523. The maximum atomic E-state index is 13.8. The van der Waals surface area contributed by atoms with E-state index in [2.05, 4.69) is 0 Å². The number of alkyl halides is 11. The van der Waals surface area contributed by atoms with E-state index >= 15 is 0 Å². The van der Waals surface area contributed by atoms with Gasteiger partial charge in [0.25, 0.3) is 11.3 Å². The van der Waals surface area contributed by atoms with Crippen LogP contribution in [0.5, 0.6) is 0 Å². The average molecular weight is 400 g/mol. The molecule has 25 heavy (non-hydrogen) atoms. The number of rotatable bonds is 5. The Kier molecular flexibility index (Phi) is 6.16. The number of carbonyl (C=O) groups is 1. The highest BCUT2D eigenvalue weighted by Gasteiger charge is 2.85. The minimum atomic E-state index is -7.33. The quantitative estimate of drug-likeness (QED) is 0.496. The van der Waals surface area contributed by atoms with Crippen molar-refractivity contribution in [2.75, 3.05) is 0 Å². The molecule has 148 valence electrons. The summed E-state index contributed by atoms with van der Waals surface area (Å²) in [7, 11) is 0. The molecule has 0 spiro atoms. The van der Waals surface area contributed by atoms with E-state index in [1.165, 1.54) is 0 Å². The number of hydrogen-bond donors (Lipinski definition) is 1. The van der Waals surface area contributed by atoms with Crippen LogP contribution in [0.4, 0.5) is 52.7 Å². The summed E-state index contributed by atoms with van der Waals surface area (Å²) < 4.78 is 156. The molecule has 0 heterocycles. The first-order chi connectivity index (χ1) is 10.8. The number of halogens is 12. The van der Waals surface area contributed by atoms with Gasteiger partial charge in [-0.05, 0) is 0 Å². The Hall–Kier alpha value is -1.63. The Labute approximate surface area is 131 Å². The van der Waals surface area contributed by atoms with Gasteiger partial charge in [0.2, 0.25) is 0 Å². The second-order valence-electron chi connectivity index (χ2n) is 4.69. The lowest BCUT2D eigenvalue weighted by Gasteiger charge is -2.41. The number of carboxylic acid groups (broad SMARTS) is 1. The summed E-state index contributed by atoms with van der Waals surface area (Å²) in [6.07, 6.45) is -24.7. The Balaban J connectivity index is 7.42. The van der Waals surface area contributed by atoms with Crippen molar-refractivity contribution < 1.29 is 62.6 Å². The van der Waals surface area contributed by atoms with E-state index in [1.807, 2.05) is 0 Å². The molecule has 0 unspecified atom stereocenters. The molecule has 0 aromatic carbocycles. The highest BCUT2D eigenvalue weighted by molar-refractivity contribution is 5.89. The highest BCUT2D eigenvalue weighted by atomic mass is 19.4. The monoisotopic (exact) mass is 400 g/mol. The molecular weight excluding hydrogens is 392 g/mol. The fraction of sp³-hybridized carbons (Fsp3) is 0.727. The number of hydrogen-bond acceptors (Lipinski definition) is 1. The molecule has 0 aromatic rings. The molecule has 0 amide bonds. The van der Waals surface area contributed by atoms with Crippen LogP contribution in [0.25, 0.3) is 0 Å². The fourth-order valence-electron chi connectivity index (χ4n) is 2.01. The molecule has 0 aromatic heterocycles.